The summed E-state index contributed by atoms with van der Waals surface area (Å²) >= 11 is 0. The monoisotopic (exact) mass is 463 g/mol. The van der Waals surface area contributed by atoms with E-state index in [9.17, 15) is 22.8 Å². The van der Waals surface area contributed by atoms with Crippen LogP contribution in [0.4, 0.5) is 13.2 Å². The van der Waals surface area contributed by atoms with Gasteiger partial charge in [-0.05, 0) is 69.4 Å². The van der Waals surface area contributed by atoms with Gasteiger partial charge in [0.2, 0.25) is 5.91 Å². The molecule has 0 aromatic carbocycles. The molecule has 0 radical (unpaired) electrons. The summed E-state index contributed by atoms with van der Waals surface area (Å²) in [6.45, 7) is 4.01. The SMILES string of the molecule is Cc1cc2c(cn1)cc(C1CC(NC(=O)C3CCCC(C(F)(F)F)C3)CCC1C)c(=O)n2C. The lowest BCUT2D eigenvalue weighted by Gasteiger charge is -2.36. The van der Waals surface area contributed by atoms with Gasteiger partial charge in [0.05, 0.1) is 11.4 Å². The van der Waals surface area contributed by atoms with Crippen LogP contribution in [0.5, 0.6) is 0 Å². The summed E-state index contributed by atoms with van der Waals surface area (Å²) in [5, 5.41) is 3.93. The van der Waals surface area contributed by atoms with Gasteiger partial charge in [-0.15, -0.1) is 0 Å². The van der Waals surface area contributed by atoms with Crippen molar-refractivity contribution in [3.8, 4) is 0 Å². The molecule has 5 unspecified atom stereocenters. The molecule has 8 heteroatoms. The summed E-state index contributed by atoms with van der Waals surface area (Å²) in [7, 11) is 1.76. The quantitative estimate of drug-likeness (QED) is 0.697. The van der Waals surface area contributed by atoms with Crippen LogP contribution in [0.2, 0.25) is 0 Å². The Hall–Kier alpha value is -2.38. The highest BCUT2D eigenvalue weighted by atomic mass is 19.4. The number of hydrogen-bond donors (Lipinski definition) is 1. The first-order chi connectivity index (χ1) is 15.5. The van der Waals surface area contributed by atoms with Crippen molar-refractivity contribution in [3.63, 3.8) is 0 Å². The van der Waals surface area contributed by atoms with E-state index >= 15 is 0 Å². The molecule has 2 saturated carbocycles. The number of nitrogens with one attached hydrogen (secondary N) is 1. The van der Waals surface area contributed by atoms with Crippen LogP contribution in [0.3, 0.4) is 0 Å². The van der Waals surface area contributed by atoms with Crippen LogP contribution in [0.15, 0.2) is 23.1 Å². The van der Waals surface area contributed by atoms with Crippen LogP contribution < -0.4 is 10.9 Å². The van der Waals surface area contributed by atoms with Gasteiger partial charge < -0.3 is 9.88 Å². The van der Waals surface area contributed by atoms with E-state index in [-0.39, 0.29) is 42.2 Å². The third-order valence-corrected chi connectivity index (χ3v) is 7.72. The zero-order valence-corrected chi connectivity index (χ0v) is 19.4. The molecule has 4 rings (SSSR count). The lowest BCUT2D eigenvalue weighted by molar-refractivity contribution is -0.186. The molecule has 0 spiro atoms. The highest BCUT2D eigenvalue weighted by Gasteiger charge is 2.44. The van der Waals surface area contributed by atoms with Gasteiger partial charge in [-0.1, -0.05) is 13.3 Å². The van der Waals surface area contributed by atoms with Crippen molar-refractivity contribution < 1.29 is 18.0 Å². The highest BCUT2D eigenvalue weighted by molar-refractivity contribution is 5.80. The van der Waals surface area contributed by atoms with E-state index in [2.05, 4.69) is 17.2 Å². The van der Waals surface area contributed by atoms with Crippen molar-refractivity contribution >= 4 is 16.8 Å². The number of pyridine rings is 2. The Morgan fingerprint density at radius 2 is 1.91 bits per heavy atom. The van der Waals surface area contributed by atoms with Crippen molar-refractivity contribution in [2.24, 2.45) is 24.8 Å². The molecule has 2 aliphatic rings. The van der Waals surface area contributed by atoms with Crippen LogP contribution in [-0.2, 0) is 11.8 Å². The summed E-state index contributed by atoms with van der Waals surface area (Å²) in [6, 6.07) is 3.68. The van der Waals surface area contributed by atoms with Crippen molar-refractivity contribution in [1.29, 1.82) is 0 Å². The number of carbonyl (C=O) groups excluding carboxylic acids is 1. The number of fused-ring (bicyclic) bond motifs is 1. The number of alkyl halides is 3. The number of hydrogen-bond acceptors (Lipinski definition) is 3. The normalized spacial score (nSPS) is 28.6. The van der Waals surface area contributed by atoms with Crippen molar-refractivity contribution in [2.75, 3.05) is 0 Å². The zero-order chi connectivity index (χ0) is 23.9. The Labute approximate surface area is 191 Å². The van der Waals surface area contributed by atoms with Crippen LogP contribution in [0.25, 0.3) is 10.9 Å². The van der Waals surface area contributed by atoms with Crippen LogP contribution >= 0.6 is 0 Å². The highest BCUT2D eigenvalue weighted by Crippen LogP contribution is 2.41. The number of halogens is 3. The van der Waals surface area contributed by atoms with E-state index in [1.165, 1.54) is 0 Å². The first-order valence-electron chi connectivity index (χ1n) is 11.9. The van der Waals surface area contributed by atoms with Gasteiger partial charge in [-0.2, -0.15) is 13.2 Å². The maximum Gasteiger partial charge on any atom is 0.391 e. The molecule has 0 bridgehead atoms. The molecule has 180 valence electrons. The number of aromatic nitrogens is 2. The van der Waals surface area contributed by atoms with Crippen LogP contribution in [-0.4, -0.2) is 27.7 Å². The molecule has 2 aliphatic carbocycles. The summed E-state index contributed by atoms with van der Waals surface area (Å²) < 4.78 is 41.1. The lowest BCUT2D eigenvalue weighted by atomic mass is 9.74. The van der Waals surface area contributed by atoms with Crippen molar-refractivity contribution in [2.45, 2.75) is 76.9 Å². The smallest absolute Gasteiger partial charge is 0.353 e. The van der Waals surface area contributed by atoms with Gasteiger partial charge in [0.1, 0.15) is 0 Å². The van der Waals surface area contributed by atoms with Gasteiger partial charge in [0, 0.05) is 41.8 Å². The second-order valence-corrected chi connectivity index (χ2v) is 10.1. The number of rotatable bonds is 3. The predicted octanol–water partition coefficient (Wildman–Crippen LogP) is 5.00. The van der Waals surface area contributed by atoms with Gasteiger partial charge in [0.15, 0.2) is 0 Å². The van der Waals surface area contributed by atoms with Gasteiger partial charge in [0.25, 0.3) is 5.56 Å². The van der Waals surface area contributed by atoms with Gasteiger partial charge in [-0.3, -0.25) is 14.6 Å². The van der Waals surface area contributed by atoms with E-state index in [1.54, 1.807) is 17.8 Å². The first kappa shape index (κ1) is 23.8. The molecule has 2 heterocycles. The third kappa shape index (κ3) is 4.94. The summed E-state index contributed by atoms with van der Waals surface area (Å²) in [4.78, 5) is 30.4. The first-order valence-corrected chi connectivity index (χ1v) is 11.9. The summed E-state index contributed by atoms with van der Waals surface area (Å²) in [5.41, 5.74) is 2.35. The third-order valence-electron chi connectivity index (χ3n) is 7.72. The fourth-order valence-corrected chi connectivity index (χ4v) is 5.69. The number of nitrogens with zero attached hydrogens (tertiary/aromatic N) is 2. The average Bonchev–Trinajstić information content (AvgIpc) is 2.77. The second-order valence-electron chi connectivity index (χ2n) is 10.1. The molecular formula is C25H32F3N3O2. The fraction of sp³-hybridized carbons (Fsp3) is 0.640. The summed E-state index contributed by atoms with van der Waals surface area (Å²) in [5.74, 6) is -2.01. The number of carbonyl (C=O) groups is 1. The standard InChI is InChI=1S/C25H32F3N3O2/c1-14-7-8-19(30-23(32)16-5-4-6-18(10-16)25(26,27)28)12-20(14)21-11-17-13-29-15(2)9-22(17)31(3)24(21)33/h9,11,13-14,16,18-20H,4-8,10,12H2,1-3H3,(H,30,32). The lowest BCUT2D eigenvalue weighted by Crippen LogP contribution is -2.45. The maximum atomic E-state index is 13.2. The maximum absolute atomic E-state index is 13.2. The van der Waals surface area contributed by atoms with E-state index in [0.717, 1.165) is 35.0 Å². The number of amides is 1. The van der Waals surface area contributed by atoms with Crippen LogP contribution in [0.1, 0.15) is 69.0 Å². The molecule has 5 atom stereocenters. The Bertz CT molecular complexity index is 1090. The van der Waals surface area contributed by atoms with Crippen molar-refractivity contribution in [3.05, 3.63) is 39.9 Å². The predicted molar refractivity (Wildman–Crippen MR) is 121 cm³/mol. The molecule has 5 nitrogen and oxygen atoms in total. The minimum absolute atomic E-state index is 0.0252. The van der Waals surface area contributed by atoms with Crippen LogP contribution in [0, 0.1) is 24.7 Å². The average molecular weight is 464 g/mol. The number of aryl methyl sites for hydroxylation is 2. The van der Waals surface area contributed by atoms with Gasteiger partial charge >= 0.3 is 6.18 Å². The van der Waals surface area contributed by atoms with E-state index in [4.69, 9.17) is 0 Å². The van der Waals surface area contributed by atoms with Gasteiger partial charge in [-0.25, -0.2) is 0 Å². The minimum Gasteiger partial charge on any atom is -0.353 e. The Morgan fingerprint density at radius 1 is 1.15 bits per heavy atom. The molecule has 2 aromatic heterocycles. The molecule has 2 fully saturated rings. The topological polar surface area (TPSA) is 64.0 Å². The van der Waals surface area contributed by atoms with E-state index in [0.29, 0.717) is 19.3 Å². The Morgan fingerprint density at radius 3 is 2.64 bits per heavy atom. The molecule has 0 saturated heterocycles. The summed E-state index contributed by atoms with van der Waals surface area (Å²) in [6.07, 6.45) is 0.675. The molecular weight excluding hydrogens is 431 g/mol. The Balaban J connectivity index is 1.51. The molecule has 0 aliphatic heterocycles. The van der Waals surface area contributed by atoms with E-state index < -0.39 is 18.0 Å². The Kier molecular flexibility index (Phi) is 6.56. The minimum atomic E-state index is -4.24. The van der Waals surface area contributed by atoms with Crippen molar-refractivity contribution in [1.82, 2.24) is 14.9 Å². The van der Waals surface area contributed by atoms with E-state index in [1.807, 2.05) is 19.1 Å². The molecule has 33 heavy (non-hydrogen) atoms. The molecule has 2 aromatic rings. The largest absolute Gasteiger partial charge is 0.391 e. The second kappa shape index (κ2) is 9.11. The molecule has 1 amide bonds. The fourth-order valence-electron chi connectivity index (χ4n) is 5.69. The zero-order valence-electron chi connectivity index (χ0n) is 19.4. The molecule has 1 N–H and O–H groups in total.